The highest BCUT2D eigenvalue weighted by molar-refractivity contribution is 5.94. The molecule has 0 radical (unpaired) electrons. The highest BCUT2D eigenvalue weighted by Crippen LogP contribution is 2.47. The van der Waals surface area contributed by atoms with Crippen molar-refractivity contribution in [3.8, 4) is 0 Å². The lowest BCUT2D eigenvalue weighted by molar-refractivity contribution is -0.304. The van der Waals surface area contributed by atoms with Crippen LogP contribution in [0.5, 0.6) is 0 Å². The summed E-state index contributed by atoms with van der Waals surface area (Å²) >= 11 is 0. The maximum atomic E-state index is 10.9. The van der Waals surface area contributed by atoms with Crippen molar-refractivity contribution in [3.63, 3.8) is 0 Å². The van der Waals surface area contributed by atoms with E-state index in [0.717, 1.165) is 28.3 Å². The molecule has 0 N–H and O–H groups in total. The molecule has 1 aliphatic heterocycles. The Morgan fingerprint density at radius 2 is 1.55 bits per heavy atom. The number of anilines is 4. The van der Waals surface area contributed by atoms with E-state index in [2.05, 4.69) is 11.0 Å². The van der Waals surface area contributed by atoms with Crippen LogP contribution in [0.1, 0.15) is 5.56 Å². The Morgan fingerprint density at radius 3 is 2.20 bits per heavy atom. The van der Waals surface area contributed by atoms with Crippen molar-refractivity contribution < 1.29 is 9.90 Å². The van der Waals surface area contributed by atoms with Gasteiger partial charge in [0.05, 0.1) is 22.7 Å². The number of fused-ring (bicyclic) bond motifs is 2. The van der Waals surface area contributed by atoms with Crippen molar-refractivity contribution in [1.82, 2.24) is 0 Å². The van der Waals surface area contributed by atoms with Crippen molar-refractivity contribution in [1.29, 1.82) is 0 Å². The highest BCUT2D eigenvalue weighted by Gasteiger charge is 2.25. The zero-order valence-electron chi connectivity index (χ0n) is 11.5. The fourth-order valence-electron chi connectivity index (χ4n) is 2.82. The smallest absolute Gasteiger partial charge is 0.0686 e. The van der Waals surface area contributed by atoms with Crippen LogP contribution in [0.3, 0.4) is 0 Å². The van der Waals surface area contributed by atoms with E-state index in [1.807, 2.05) is 55.4 Å². The van der Waals surface area contributed by atoms with Crippen LogP contribution in [0.25, 0.3) is 0 Å². The molecular formula is C16H15N2O2-. The summed E-state index contributed by atoms with van der Waals surface area (Å²) in [6, 6.07) is 13.8. The molecule has 20 heavy (non-hydrogen) atoms. The van der Waals surface area contributed by atoms with Gasteiger partial charge >= 0.3 is 0 Å². The van der Waals surface area contributed by atoms with Crippen molar-refractivity contribution in [2.45, 2.75) is 6.42 Å². The van der Waals surface area contributed by atoms with Gasteiger partial charge in [0.2, 0.25) is 0 Å². The number of carboxylic acids is 1. The number of benzene rings is 2. The van der Waals surface area contributed by atoms with Gasteiger partial charge in [-0.25, -0.2) is 0 Å². The molecule has 0 aliphatic carbocycles. The van der Waals surface area contributed by atoms with Gasteiger partial charge in [0.15, 0.2) is 0 Å². The fraction of sp³-hybridized carbons (Fsp3) is 0.188. The second kappa shape index (κ2) is 4.56. The van der Waals surface area contributed by atoms with Gasteiger partial charge in [0.25, 0.3) is 0 Å². The molecule has 1 aliphatic rings. The molecule has 102 valence electrons. The van der Waals surface area contributed by atoms with Gasteiger partial charge in [-0.3, -0.25) is 0 Å². The predicted octanol–water partition coefficient (Wildman–Crippen LogP) is 1.83. The third-order valence-electron chi connectivity index (χ3n) is 3.73. The molecule has 0 unspecified atom stereocenters. The zero-order chi connectivity index (χ0) is 14.3. The maximum Gasteiger partial charge on any atom is 0.0686 e. The first-order chi connectivity index (χ1) is 9.59. The quantitative estimate of drug-likeness (QED) is 0.833. The largest absolute Gasteiger partial charge is 0.550 e. The predicted molar refractivity (Wildman–Crippen MR) is 77.7 cm³/mol. The van der Waals surface area contributed by atoms with Crippen LogP contribution in [0.2, 0.25) is 0 Å². The van der Waals surface area contributed by atoms with Gasteiger partial charge in [0.1, 0.15) is 0 Å². The first-order valence-corrected chi connectivity index (χ1v) is 6.48. The average molecular weight is 267 g/mol. The highest BCUT2D eigenvalue weighted by atomic mass is 16.4. The molecule has 0 aromatic heterocycles. The van der Waals surface area contributed by atoms with Gasteiger partial charge in [-0.1, -0.05) is 24.3 Å². The lowest BCUT2D eigenvalue weighted by atomic mass is 10.0. The van der Waals surface area contributed by atoms with E-state index < -0.39 is 5.97 Å². The molecule has 0 bridgehead atoms. The fourth-order valence-corrected chi connectivity index (χ4v) is 2.82. The maximum absolute atomic E-state index is 10.9. The molecule has 0 atom stereocenters. The van der Waals surface area contributed by atoms with Crippen LogP contribution in [0, 0.1) is 0 Å². The van der Waals surface area contributed by atoms with E-state index in [0.29, 0.717) is 0 Å². The first-order valence-electron chi connectivity index (χ1n) is 6.48. The number of nitrogens with zero attached hydrogens (tertiary/aromatic N) is 2. The molecule has 1 heterocycles. The molecule has 0 spiro atoms. The van der Waals surface area contributed by atoms with Crippen molar-refractivity contribution in [2.24, 2.45) is 0 Å². The normalized spacial score (nSPS) is 12.9. The minimum Gasteiger partial charge on any atom is -0.550 e. The summed E-state index contributed by atoms with van der Waals surface area (Å²) in [5, 5.41) is 10.9. The third-order valence-corrected chi connectivity index (χ3v) is 3.73. The van der Waals surface area contributed by atoms with Crippen LogP contribution >= 0.6 is 0 Å². The van der Waals surface area contributed by atoms with Gasteiger partial charge in [-0.05, 0) is 23.8 Å². The van der Waals surface area contributed by atoms with E-state index in [4.69, 9.17) is 0 Å². The van der Waals surface area contributed by atoms with E-state index in [-0.39, 0.29) is 6.42 Å². The molecule has 0 saturated carbocycles. The number of carbonyl (C=O) groups excluding carboxylic acids is 1. The van der Waals surface area contributed by atoms with Gasteiger partial charge < -0.3 is 19.7 Å². The molecule has 3 rings (SSSR count). The van der Waals surface area contributed by atoms with E-state index in [9.17, 15) is 9.90 Å². The number of hydrogen-bond donors (Lipinski definition) is 0. The Labute approximate surface area is 117 Å². The SMILES string of the molecule is CN1c2ccccc2N(C)c2c(CC(=O)[O-])cccc21. The number of rotatable bonds is 2. The van der Waals surface area contributed by atoms with Crippen molar-refractivity contribution >= 4 is 28.7 Å². The number of aliphatic carboxylic acids is 1. The Hall–Kier alpha value is -2.49. The average Bonchev–Trinajstić information content (AvgIpc) is 2.44. The van der Waals surface area contributed by atoms with Crippen LogP contribution < -0.4 is 14.9 Å². The zero-order valence-corrected chi connectivity index (χ0v) is 11.5. The second-order valence-corrected chi connectivity index (χ2v) is 4.94. The summed E-state index contributed by atoms with van der Waals surface area (Å²) in [4.78, 5) is 15.1. The van der Waals surface area contributed by atoms with Crippen LogP contribution in [-0.2, 0) is 11.2 Å². The van der Waals surface area contributed by atoms with Gasteiger partial charge in [-0.2, -0.15) is 0 Å². The van der Waals surface area contributed by atoms with Gasteiger partial charge in [0, 0.05) is 26.5 Å². The monoisotopic (exact) mass is 267 g/mol. The number of para-hydroxylation sites is 3. The minimum absolute atomic E-state index is 0.0798. The molecule has 0 amide bonds. The summed E-state index contributed by atoms with van der Waals surface area (Å²) in [5.41, 5.74) is 4.87. The second-order valence-electron chi connectivity index (χ2n) is 4.94. The Kier molecular flexibility index (Phi) is 2.86. The summed E-state index contributed by atoms with van der Waals surface area (Å²) in [5.74, 6) is -1.06. The Morgan fingerprint density at radius 1 is 0.950 bits per heavy atom. The summed E-state index contributed by atoms with van der Waals surface area (Å²) < 4.78 is 0. The van der Waals surface area contributed by atoms with Crippen LogP contribution in [0.15, 0.2) is 42.5 Å². The third kappa shape index (κ3) is 1.81. The number of carboxylic acid groups (broad SMARTS) is 1. The number of hydrogen-bond acceptors (Lipinski definition) is 4. The van der Waals surface area contributed by atoms with Crippen molar-refractivity contribution in [2.75, 3.05) is 23.9 Å². The molecular weight excluding hydrogens is 252 g/mol. The lowest BCUT2D eigenvalue weighted by Gasteiger charge is -2.37. The summed E-state index contributed by atoms with van der Waals surface area (Å²) in [7, 11) is 3.96. The molecule has 0 fully saturated rings. The Balaban J connectivity index is 2.20. The molecule has 2 aromatic carbocycles. The Bertz CT molecular complexity index is 682. The van der Waals surface area contributed by atoms with Crippen LogP contribution in [-0.4, -0.2) is 20.1 Å². The summed E-state index contributed by atoms with van der Waals surface area (Å²) in [6.07, 6.45) is -0.0798. The number of carbonyl (C=O) groups is 1. The van der Waals surface area contributed by atoms with Gasteiger partial charge in [-0.15, -0.1) is 0 Å². The van der Waals surface area contributed by atoms with Crippen molar-refractivity contribution in [3.05, 3.63) is 48.0 Å². The van der Waals surface area contributed by atoms with E-state index >= 15 is 0 Å². The van der Waals surface area contributed by atoms with Crippen LogP contribution in [0.4, 0.5) is 22.7 Å². The molecule has 0 saturated heterocycles. The summed E-state index contributed by atoms with van der Waals surface area (Å²) in [6.45, 7) is 0. The lowest BCUT2D eigenvalue weighted by Crippen LogP contribution is -2.28. The molecule has 4 heteroatoms. The first kappa shape index (κ1) is 12.5. The minimum atomic E-state index is -1.06. The molecule has 4 nitrogen and oxygen atoms in total. The topological polar surface area (TPSA) is 46.6 Å². The molecule has 2 aromatic rings. The van der Waals surface area contributed by atoms with E-state index in [1.165, 1.54) is 0 Å². The standard InChI is InChI=1S/C16H16N2O2/c1-17-12-7-3-4-8-13(12)18(2)16-11(10-15(19)20)6-5-9-14(16)17/h3-9H,10H2,1-2H3,(H,19,20)/p-1. The van der Waals surface area contributed by atoms with E-state index in [1.54, 1.807) is 0 Å².